The zero-order valence-electron chi connectivity index (χ0n) is 17.7. The van der Waals surface area contributed by atoms with Crippen molar-refractivity contribution >= 4 is 23.9 Å². The van der Waals surface area contributed by atoms with Gasteiger partial charge in [0, 0.05) is 25.4 Å². The molecule has 1 aliphatic carbocycles. The van der Waals surface area contributed by atoms with Crippen molar-refractivity contribution in [3.8, 4) is 0 Å². The number of esters is 1. The van der Waals surface area contributed by atoms with Gasteiger partial charge in [-0.1, -0.05) is 12.8 Å². The van der Waals surface area contributed by atoms with E-state index in [2.05, 4.69) is 16.0 Å². The van der Waals surface area contributed by atoms with Crippen LogP contribution in [0.4, 0.5) is 4.79 Å². The molecule has 1 saturated carbocycles. The molecule has 0 spiro atoms. The lowest BCUT2D eigenvalue weighted by molar-refractivity contribution is -0.156. The first kappa shape index (κ1) is 23.0. The molecule has 1 unspecified atom stereocenters. The average Bonchev–Trinajstić information content (AvgIpc) is 3.22. The highest BCUT2D eigenvalue weighted by Gasteiger charge is 2.38. The summed E-state index contributed by atoms with van der Waals surface area (Å²) >= 11 is 0. The van der Waals surface area contributed by atoms with Gasteiger partial charge in [-0.2, -0.15) is 0 Å². The molecule has 164 valence electrons. The van der Waals surface area contributed by atoms with Gasteiger partial charge >= 0.3 is 12.1 Å². The fourth-order valence-electron chi connectivity index (χ4n) is 3.74. The van der Waals surface area contributed by atoms with Gasteiger partial charge in [0.05, 0.1) is 6.04 Å². The summed E-state index contributed by atoms with van der Waals surface area (Å²) in [4.78, 5) is 49.0. The Morgan fingerprint density at radius 1 is 1.17 bits per heavy atom. The van der Waals surface area contributed by atoms with Gasteiger partial charge in [0.2, 0.25) is 5.91 Å². The quantitative estimate of drug-likeness (QED) is 0.544. The molecular weight excluding hydrogens is 378 g/mol. The van der Waals surface area contributed by atoms with Crippen molar-refractivity contribution in [3.05, 3.63) is 0 Å². The standard InChI is InChI=1S/C20H33N3O6/c1-12(24)28-16(18(26)22-14-7-5-6-8-14)15(11-13-9-10-21-17(13)25)23-19(27)29-20(2,3)4/h13-16H,5-11H2,1-4H3,(H,21,25)(H,22,26)(H,23,27)/t13-,15-,16?/m0/s1. The fraction of sp³-hybridized carbons (Fsp3) is 0.800. The van der Waals surface area contributed by atoms with Gasteiger partial charge in [-0.3, -0.25) is 14.4 Å². The van der Waals surface area contributed by atoms with Gasteiger partial charge in [-0.05, 0) is 46.5 Å². The first-order valence-corrected chi connectivity index (χ1v) is 10.3. The molecule has 3 amide bonds. The number of rotatable bonds is 7. The predicted octanol–water partition coefficient (Wildman–Crippen LogP) is 1.40. The van der Waals surface area contributed by atoms with E-state index in [0.29, 0.717) is 13.0 Å². The lowest BCUT2D eigenvalue weighted by atomic mass is 9.94. The van der Waals surface area contributed by atoms with Crippen LogP contribution < -0.4 is 16.0 Å². The Morgan fingerprint density at radius 3 is 2.34 bits per heavy atom. The molecule has 9 nitrogen and oxygen atoms in total. The Hall–Kier alpha value is -2.32. The van der Waals surface area contributed by atoms with Crippen LogP contribution in [0.3, 0.4) is 0 Å². The molecule has 0 radical (unpaired) electrons. The number of alkyl carbamates (subject to hydrolysis) is 1. The Morgan fingerprint density at radius 2 is 1.83 bits per heavy atom. The SMILES string of the molecule is CC(=O)OC(C(=O)NC1CCCC1)[C@H](C[C@@H]1CCNC1=O)NC(=O)OC(C)(C)C. The number of carbonyl (C=O) groups is 4. The van der Waals surface area contributed by atoms with Crippen LogP contribution in [0.15, 0.2) is 0 Å². The Kier molecular flexibility index (Phi) is 7.87. The summed E-state index contributed by atoms with van der Waals surface area (Å²) in [6.45, 7) is 6.92. The molecule has 1 aliphatic heterocycles. The van der Waals surface area contributed by atoms with Crippen LogP contribution in [-0.2, 0) is 23.9 Å². The molecule has 9 heteroatoms. The topological polar surface area (TPSA) is 123 Å². The number of hydrogen-bond acceptors (Lipinski definition) is 6. The summed E-state index contributed by atoms with van der Waals surface area (Å²) in [5.74, 6) is -1.62. The number of ether oxygens (including phenoxy) is 2. The van der Waals surface area contributed by atoms with E-state index >= 15 is 0 Å². The van der Waals surface area contributed by atoms with Gasteiger partial charge in [0.25, 0.3) is 5.91 Å². The number of nitrogens with one attached hydrogen (secondary N) is 3. The molecular formula is C20H33N3O6. The lowest BCUT2D eigenvalue weighted by Gasteiger charge is -2.30. The molecule has 0 bridgehead atoms. The number of amides is 3. The molecule has 0 aromatic heterocycles. The maximum absolute atomic E-state index is 12.9. The van der Waals surface area contributed by atoms with Crippen LogP contribution in [0.1, 0.15) is 66.2 Å². The highest BCUT2D eigenvalue weighted by molar-refractivity contribution is 5.86. The summed E-state index contributed by atoms with van der Waals surface area (Å²) in [6, 6.07) is -0.860. The monoisotopic (exact) mass is 411 g/mol. The minimum absolute atomic E-state index is 0.0255. The van der Waals surface area contributed by atoms with Crippen molar-refractivity contribution in [3.63, 3.8) is 0 Å². The van der Waals surface area contributed by atoms with E-state index in [1.54, 1.807) is 20.8 Å². The third kappa shape index (κ3) is 7.55. The molecule has 3 N–H and O–H groups in total. The largest absolute Gasteiger partial charge is 0.450 e. The summed E-state index contributed by atoms with van der Waals surface area (Å²) in [6.07, 6.45) is 2.58. The van der Waals surface area contributed by atoms with Crippen LogP contribution in [-0.4, -0.2) is 54.2 Å². The molecule has 29 heavy (non-hydrogen) atoms. The molecule has 0 aromatic rings. The number of hydrogen-bond donors (Lipinski definition) is 3. The Bertz CT molecular complexity index is 624. The van der Waals surface area contributed by atoms with Crippen LogP contribution in [0, 0.1) is 5.92 Å². The maximum Gasteiger partial charge on any atom is 0.408 e. The third-order valence-electron chi connectivity index (χ3n) is 5.02. The summed E-state index contributed by atoms with van der Waals surface area (Å²) in [7, 11) is 0. The van der Waals surface area contributed by atoms with E-state index in [0.717, 1.165) is 25.7 Å². The van der Waals surface area contributed by atoms with Gasteiger partial charge in [-0.25, -0.2) is 4.79 Å². The van der Waals surface area contributed by atoms with Crippen LogP contribution in [0.25, 0.3) is 0 Å². The van der Waals surface area contributed by atoms with E-state index in [1.807, 2.05) is 0 Å². The molecule has 2 aliphatic rings. The van der Waals surface area contributed by atoms with Gasteiger partial charge in [0.1, 0.15) is 5.60 Å². The molecule has 1 saturated heterocycles. The fourth-order valence-corrected chi connectivity index (χ4v) is 3.74. The van der Waals surface area contributed by atoms with Crippen molar-refractivity contribution < 1.29 is 28.7 Å². The minimum Gasteiger partial charge on any atom is -0.450 e. The van der Waals surface area contributed by atoms with Crippen LogP contribution in [0.2, 0.25) is 0 Å². The van der Waals surface area contributed by atoms with E-state index in [1.165, 1.54) is 6.92 Å². The lowest BCUT2D eigenvalue weighted by Crippen LogP contribution is -2.55. The minimum atomic E-state index is -1.24. The number of carbonyl (C=O) groups excluding carboxylic acids is 4. The molecule has 2 fully saturated rings. The zero-order chi connectivity index (χ0) is 21.6. The van der Waals surface area contributed by atoms with Gasteiger partial charge < -0.3 is 25.4 Å². The normalized spacial score (nSPS) is 21.8. The zero-order valence-corrected chi connectivity index (χ0v) is 17.7. The van der Waals surface area contributed by atoms with Crippen molar-refractivity contribution in [1.82, 2.24) is 16.0 Å². The second-order valence-electron chi connectivity index (χ2n) is 8.79. The van der Waals surface area contributed by atoms with Crippen LogP contribution in [0.5, 0.6) is 0 Å². The smallest absolute Gasteiger partial charge is 0.408 e. The Balaban J connectivity index is 2.18. The van der Waals surface area contributed by atoms with Crippen molar-refractivity contribution in [1.29, 1.82) is 0 Å². The van der Waals surface area contributed by atoms with Gasteiger partial charge in [-0.15, -0.1) is 0 Å². The first-order valence-electron chi connectivity index (χ1n) is 10.3. The second kappa shape index (κ2) is 9.93. The summed E-state index contributed by atoms with van der Waals surface area (Å²) < 4.78 is 10.6. The maximum atomic E-state index is 12.9. The first-order chi connectivity index (χ1) is 13.5. The van der Waals surface area contributed by atoms with Crippen molar-refractivity contribution in [2.75, 3.05) is 6.54 Å². The summed E-state index contributed by atoms with van der Waals surface area (Å²) in [5, 5.41) is 8.31. The molecule has 2 rings (SSSR count). The third-order valence-corrected chi connectivity index (χ3v) is 5.02. The highest BCUT2D eigenvalue weighted by Crippen LogP contribution is 2.22. The van der Waals surface area contributed by atoms with Crippen molar-refractivity contribution in [2.24, 2.45) is 5.92 Å². The Labute approximate surface area is 171 Å². The van der Waals surface area contributed by atoms with E-state index in [4.69, 9.17) is 9.47 Å². The molecule has 1 heterocycles. The summed E-state index contributed by atoms with van der Waals surface area (Å²) in [5.41, 5.74) is -0.734. The average molecular weight is 411 g/mol. The van der Waals surface area contributed by atoms with Gasteiger partial charge in [0.15, 0.2) is 6.10 Å². The van der Waals surface area contributed by atoms with E-state index in [9.17, 15) is 19.2 Å². The highest BCUT2D eigenvalue weighted by atomic mass is 16.6. The van der Waals surface area contributed by atoms with Crippen LogP contribution >= 0.6 is 0 Å². The van der Waals surface area contributed by atoms with Crippen molar-refractivity contribution in [2.45, 2.75) is 90.0 Å². The van der Waals surface area contributed by atoms with E-state index < -0.39 is 35.7 Å². The molecule has 0 aromatic carbocycles. The van der Waals surface area contributed by atoms with E-state index in [-0.39, 0.29) is 24.3 Å². The predicted molar refractivity (Wildman–Crippen MR) is 105 cm³/mol. The molecule has 3 atom stereocenters. The second-order valence-corrected chi connectivity index (χ2v) is 8.79.